The molecule has 0 fully saturated rings. The summed E-state index contributed by atoms with van der Waals surface area (Å²) in [6.07, 6.45) is -0.544. The lowest BCUT2D eigenvalue weighted by Crippen LogP contribution is -2.21. The van der Waals surface area contributed by atoms with Gasteiger partial charge >= 0.3 is 0 Å². The number of rotatable bonds is 8. The zero-order chi connectivity index (χ0) is 20.8. The molecule has 0 saturated carbocycles. The molecule has 0 aromatic heterocycles. The van der Waals surface area contributed by atoms with Crippen LogP contribution in [-0.2, 0) is 13.2 Å². The molecule has 4 rings (SSSR count). The van der Waals surface area contributed by atoms with Gasteiger partial charge in [0.2, 0.25) is 0 Å². The average Bonchev–Trinajstić information content (AvgIpc) is 2.79. The standard InChI is InChI=1S/C27H27NO2/c1-20-8-7-9-21(16-20)19-30-27-15-14-22-10-5-6-13-24(22)25(27)17-28-18-26(29)23-11-3-2-4-12-23/h2-16,26,28-29H,17-19H2,1H3. The van der Waals surface area contributed by atoms with Crippen molar-refractivity contribution in [2.45, 2.75) is 26.2 Å². The van der Waals surface area contributed by atoms with Gasteiger partial charge in [-0.2, -0.15) is 0 Å². The number of hydrogen-bond acceptors (Lipinski definition) is 3. The lowest BCUT2D eigenvalue weighted by molar-refractivity contribution is 0.174. The minimum absolute atomic E-state index is 0.477. The van der Waals surface area contributed by atoms with E-state index >= 15 is 0 Å². The Bertz CT molecular complexity index is 1110. The highest BCUT2D eigenvalue weighted by molar-refractivity contribution is 5.87. The van der Waals surface area contributed by atoms with Gasteiger partial charge in [-0.3, -0.25) is 0 Å². The van der Waals surface area contributed by atoms with Crippen LogP contribution in [0.1, 0.15) is 28.4 Å². The summed E-state index contributed by atoms with van der Waals surface area (Å²) >= 11 is 0. The van der Waals surface area contributed by atoms with Gasteiger partial charge in [0.25, 0.3) is 0 Å². The number of benzene rings is 4. The van der Waals surface area contributed by atoms with Gasteiger partial charge in [0.05, 0.1) is 6.10 Å². The molecule has 0 aliphatic rings. The van der Waals surface area contributed by atoms with Gasteiger partial charge in [-0.05, 0) is 34.9 Å². The zero-order valence-corrected chi connectivity index (χ0v) is 17.2. The molecule has 0 saturated heterocycles. The largest absolute Gasteiger partial charge is 0.489 e. The number of aryl methyl sites for hydroxylation is 1. The van der Waals surface area contributed by atoms with Crippen LogP contribution in [0.25, 0.3) is 10.8 Å². The van der Waals surface area contributed by atoms with E-state index in [9.17, 15) is 5.11 Å². The monoisotopic (exact) mass is 397 g/mol. The number of hydrogen-bond donors (Lipinski definition) is 2. The first kappa shape index (κ1) is 20.1. The Hall–Kier alpha value is -3.14. The van der Waals surface area contributed by atoms with Gasteiger partial charge in [0, 0.05) is 18.7 Å². The van der Waals surface area contributed by atoms with Crippen LogP contribution in [0.5, 0.6) is 5.75 Å². The summed E-state index contributed by atoms with van der Waals surface area (Å²) in [5, 5.41) is 16.2. The second-order valence-electron chi connectivity index (χ2n) is 7.60. The van der Waals surface area contributed by atoms with Crippen LogP contribution in [0.15, 0.2) is 91.0 Å². The zero-order valence-electron chi connectivity index (χ0n) is 17.2. The molecule has 4 aromatic carbocycles. The third kappa shape index (κ3) is 4.88. The molecule has 0 aliphatic carbocycles. The van der Waals surface area contributed by atoms with Gasteiger partial charge in [-0.25, -0.2) is 0 Å². The van der Waals surface area contributed by atoms with E-state index in [2.05, 4.69) is 60.8 Å². The molecule has 0 spiro atoms. The number of nitrogens with one attached hydrogen (secondary N) is 1. The SMILES string of the molecule is Cc1cccc(COc2ccc3ccccc3c2CNCC(O)c2ccccc2)c1. The Morgan fingerprint density at radius 3 is 2.50 bits per heavy atom. The Labute approximate surface area is 178 Å². The number of fused-ring (bicyclic) bond motifs is 1. The van der Waals surface area contributed by atoms with E-state index in [1.807, 2.05) is 42.5 Å². The van der Waals surface area contributed by atoms with E-state index in [-0.39, 0.29) is 0 Å². The summed E-state index contributed by atoms with van der Waals surface area (Å²) < 4.78 is 6.23. The molecular weight excluding hydrogens is 370 g/mol. The van der Waals surface area contributed by atoms with Gasteiger partial charge < -0.3 is 15.2 Å². The molecule has 3 heteroatoms. The second kappa shape index (κ2) is 9.57. The Morgan fingerprint density at radius 1 is 0.867 bits per heavy atom. The summed E-state index contributed by atoms with van der Waals surface area (Å²) in [4.78, 5) is 0. The van der Waals surface area contributed by atoms with Crippen LogP contribution >= 0.6 is 0 Å². The third-order valence-electron chi connectivity index (χ3n) is 5.30. The fourth-order valence-corrected chi connectivity index (χ4v) is 3.72. The van der Waals surface area contributed by atoms with E-state index < -0.39 is 6.10 Å². The van der Waals surface area contributed by atoms with E-state index in [0.29, 0.717) is 19.7 Å². The normalized spacial score (nSPS) is 12.1. The van der Waals surface area contributed by atoms with Crippen molar-refractivity contribution in [1.29, 1.82) is 0 Å². The molecule has 30 heavy (non-hydrogen) atoms. The first-order chi connectivity index (χ1) is 14.7. The number of aliphatic hydroxyl groups excluding tert-OH is 1. The molecule has 0 bridgehead atoms. The number of aliphatic hydroxyl groups is 1. The van der Waals surface area contributed by atoms with Gasteiger partial charge in [-0.15, -0.1) is 0 Å². The Morgan fingerprint density at radius 2 is 1.67 bits per heavy atom. The van der Waals surface area contributed by atoms with Crippen molar-refractivity contribution in [3.05, 3.63) is 113 Å². The molecule has 1 unspecified atom stereocenters. The van der Waals surface area contributed by atoms with Gasteiger partial charge in [0.15, 0.2) is 0 Å². The predicted molar refractivity (Wildman–Crippen MR) is 123 cm³/mol. The first-order valence-corrected chi connectivity index (χ1v) is 10.3. The maximum absolute atomic E-state index is 10.5. The van der Waals surface area contributed by atoms with Gasteiger partial charge in [-0.1, -0.05) is 90.5 Å². The minimum atomic E-state index is -0.544. The third-order valence-corrected chi connectivity index (χ3v) is 5.30. The van der Waals surface area contributed by atoms with Crippen molar-refractivity contribution in [3.8, 4) is 5.75 Å². The van der Waals surface area contributed by atoms with Crippen molar-refractivity contribution in [3.63, 3.8) is 0 Å². The van der Waals surface area contributed by atoms with Crippen molar-refractivity contribution >= 4 is 10.8 Å². The smallest absolute Gasteiger partial charge is 0.124 e. The van der Waals surface area contributed by atoms with E-state index in [0.717, 1.165) is 22.4 Å². The summed E-state index contributed by atoms with van der Waals surface area (Å²) in [6, 6.07) is 30.6. The minimum Gasteiger partial charge on any atom is -0.489 e. The van der Waals surface area contributed by atoms with Crippen molar-refractivity contribution in [2.24, 2.45) is 0 Å². The van der Waals surface area contributed by atoms with Crippen molar-refractivity contribution in [1.82, 2.24) is 5.32 Å². The summed E-state index contributed by atoms with van der Waals surface area (Å²) in [6.45, 7) is 3.71. The van der Waals surface area contributed by atoms with Gasteiger partial charge in [0.1, 0.15) is 12.4 Å². The fourth-order valence-electron chi connectivity index (χ4n) is 3.72. The van der Waals surface area contributed by atoms with Crippen molar-refractivity contribution in [2.75, 3.05) is 6.54 Å². The van der Waals surface area contributed by atoms with E-state index in [1.165, 1.54) is 16.3 Å². The average molecular weight is 398 g/mol. The molecule has 152 valence electrons. The lowest BCUT2D eigenvalue weighted by atomic mass is 10.0. The van der Waals surface area contributed by atoms with Crippen LogP contribution in [-0.4, -0.2) is 11.7 Å². The molecule has 0 amide bonds. The van der Waals surface area contributed by atoms with Crippen molar-refractivity contribution < 1.29 is 9.84 Å². The topological polar surface area (TPSA) is 41.5 Å². The molecule has 0 aliphatic heterocycles. The quantitative estimate of drug-likeness (QED) is 0.410. The Balaban J connectivity index is 1.51. The fraction of sp³-hybridized carbons (Fsp3) is 0.185. The molecule has 1 atom stereocenters. The molecule has 4 aromatic rings. The van der Waals surface area contributed by atoms with E-state index in [4.69, 9.17) is 4.74 Å². The molecule has 2 N–H and O–H groups in total. The summed E-state index contributed by atoms with van der Waals surface area (Å²) in [5.74, 6) is 0.872. The molecule has 0 heterocycles. The number of ether oxygens (including phenoxy) is 1. The lowest BCUT2D eigenvalue weighted by Gasteiger charge is -2.17. The van der Waals surface area contributed by atoms with Crippen LogP contribution in [0.3, 0.4) is 0 Å². The maximum Gasteiger partial charge on any atom is 0.124 e. The van der Waals surface area contributed by atoms with Crippen LogP contribution < -0.4 is 10.1 Å². The second-order valence-corrected chi connectivity index (χ2v) is 7.60. The Kier molecular flexibility index (Phi) is 6.43. The molecule has 0 radical (unpaired) electrons. The summed E-state index contributed by atoms with van der Waals surface area (Å²) in [7, 11) is 0. The van der Waals surface area contributed by atoms with Crippen LogP contribution in [0.4, 0.5) is 0 Å². The summed E-state index contributed by atoms with van der Waals surface area (Å²) in [5.41, 5.74) is 4.41. The van der Waals surface area contributed by atoms with E-state index in [1.54, 1.807) is 0 Å². The highest BCUT2D eigenvalue weighted by Crippen LogP contribution is 2.29. The van der Waals surface area contributed by atoms with Crippen LogP contribution in [0.2, 0.25) is 0 Å². The molecular formula is C27H27NO2. The predicted octanol–water partition coefficient (Wildman–Crippen LogP) is 5.55. The first-order valence-electron chi connectivity index (χ1n) is 10.3. The highest BCUT2D eigenvalue weighted by atomic mass is 16.5. The maximum atomic E-state index is 10.5. The van der Waals surface area contributed by atoms with Crippen LogP contribution in [0, 0.1) is 6.92 Å². The molecule has 3 nitrogen and oxygen atoms in total. The highest BCUT2D eigenvalue weighted by Gasteiger charge is 2.11.